The van der Waals surface area contributed by atoms with E-state index >= 15 is 0 Å². The SMILES string of the molecule is CC1CCN(c2ccc(-c3noc(CCC(=O)Nc4cccc(F)c4)n3)cc2)CC1. The number of halogens is 1. The van der Waals surface area contributed by atoms with Gasteiger partial charge in [-0.3, -0.25) is 4.79 Å². The number of hydrogen-bond acceptors (Lipinski definition) is 5. The molecule has 0 unspecified atom stereocenters. The maximum atomic E-state index is 13.2. The number of amides is 1. The molecule has 1 fully saturated rings. The fourth-order valence-electron chi connectivity index (χ4n) is 3.57. The molecule has 3 aromatic rings. The molecule has 4 rings (SSSR count). The van der Waals surface area contributed by atoms with Gasteiger partial charge in [0.1, 0.15) is 5.82 Å². The Labute approximate surface area is 175 Å². The molecule has 1 N–H and O–H groups in total. The summed E-state index contributed by atoms with van der Waals surface area (Å²) in [5.74, 6) is 1.08. The number of piperidine rings is 1. The van der Waals surface area contributed by atoms with Gasteiger partial charge in [0, 0.05) is 42.9 Å². The number of carbonyl (C=O) groups is 1. The molecule has 1 saturated heterocycles. The van der Waals surface area contributed by atoms with Crippen LogP contribution in [0.3, 0.4) is 0 Å². The minimum atomic E-state index is -0.393. The Kier molecular flexibility index (Phi) is 6.07. The summed E-state index contributed by atoms with van der Waals surface area (Å²) in [6.07, 6.45) is 2.94. The first-order valence-corrected chi connectivity index (χ1v) is 10.3. The third-order valence-electron chi connectivity index (χ3n) is 5.42. The van der Waals surface area contributed by atoms with Crippen LogP contribution in [-0.4, -0.2) is 29.1 Å². The quantitative estimate of drug-likeness (QED) is 0.641. The topological polar surface area (TPSA) is 71.3 Å². The molecule has 0 aliphatic carbocycles. The van der Waals surface area contributed by atoms with Gasteiger partial charge in [-0.1, -0.05) is 18.1 Å². The fourth-order valence-corrected chi connectivity index (χ4v) is 3.57. The summed E-state index contributed by atoms with van der Waals surface area (Å²) in [6, 6.07) is 14.0. The molecule has 7 heteroatoms. The smallest absolute Gasteiger partial charge is 0.227 e. The molecular weight excluding hydrogens is 383 g/mol. The van der Waals surface area contributed by atoms with E-state index in [2.05, 4.69) is 39.4 Å². The van der Waals surface area contributed by atoms with Crippen molar-refractivity contribution in [3.63, 3.8) is 0 Å². The van der Waals surface area contributed by atoms with E-state index in [4.69, 9.17) is 4.52 Å². The van der Waals surface area contributed by atoms with E-state index in [1.807, 2.05) is 12.1 Å². The zero-order valence-electron chi connectivity index (χ0n) is 17.0. The molecule has 1 aliphatic heterocycles. The predicted octanol–water partition coefficient (Wildman–Crippen LogP) is 4.68. The first-order chi connectivity index (χ1) is 14.6. The van der Waals surface area contributed by atoms with Crippen LogP contribution in [0, 0.1) is 11.7 Å². The second kappa shape index (κ2) is 9.07. The van der Waals surface area contributed by atoms with E-state index < -0.39 is 5.82 Å². The molecule has 2 heterocycles. The number of anilines is 2. The summed E-state index contributed by atoms with van der Waals surface area (Å²) < 4.78 is 18.5. The summed E-state index contributed by atoms with van der Waals surface area (Å²) in [5.41, 5.74) is 2.51. The molecule has 30 heavy (non-hydrogen) atoms. The molecule has 1 aromatic heterocycles. The van der Waals surface area contributed by atoms with Crippen LogP contribution in [0.1, 0.15) is 32.1 Å². The highest BCUT2D eigenvalue weighted by molar-refractivity contribution is 5.90. The van der Waals surface area contributed by atoms with Crippen LogP contribution in [0.15, 0.2) is 53.1 Å². The molecule has 0 atom stereocenters. The molecule has 2 aromatic carbocycles. The number of nitrogens with zero attached hydrogens (tertiary/aromatic N) is 3. The molecule has 0 radical (unpaired) electrons. The Morgan fingerprint density at radius 2 is 1.97 bits per heavy atom. The van der Waals surface area contributed by atoms with Crippen LogP contribution in [0.25, 0.3) is 11.4 Å². The van der Waals surface area contributed by atoms with Crippen molar-refractivity contribution in [3.8, 4) is 11.4 Å². The van der Waals surface area contributed by atoms with E-state index in [0.717, 1.165) is 24.6 Å². The van der Waals surface area contributed by atoms with Crippen LogP contribution >= 0.6 is 0 Å². The Morgan fingerprint density at radius 3 is 2.70 bits per heavy atom. The highest BCUT2D eigenvalue weighted by Crippen LogP contribution is 2.25. The van der Waals surface area contributed by atoms with Crippen LogP contribution in [0.4, 0.5) is 15.8 Å². The monoisotopic (exact) mass is 408 g/mol. The van der Waals surface area contributed by atoms with Gasteiger partial charge in [0.25, 0.3) is 0 Å². The molecule has 1 amide bonds. The van der Waals surface area contributed by atoms with E-state index in [0.29, 0.717) is 23.8 Å². The maximum absolute atomic E-state index is 13.2. The summed E-state index contributed by atoms with van der Waals surface area (Å²) in [5, 5.41) is 6.69. The van der Waals surface area contributed by atoms with E-state index in [-0.39, 0.29) is 12.3 Å². The van der Waals surface area contributed by atoms with Crippen LogP contribution < -0.4 is 10.2 Å². The third-order valence-corrected chi connectivity index (χ3v) is 5.42. The van der Waals surface area contributed by atoms with Gasteiger partial charge in [0.15, 0.2) is 0 Å². The minimum Gasteiger partial charge on any atom is -0.372 e. The number of aryl methyl sites for hydroxylation is 1. The average molecular weight is 408 g/mol. The van der Waals surface area contributed by atoms with Gasteiger partial charge in [-0.2, -0.15) is 4.98 Å². The number of carbonyl (C=O) groups excluding carboxylic acids is 1. The normalized spacial score (nSPS) is 14.7. The lowest BCUT2D eigenvalue weighted by atomic mass is 9.98. The third kappa shape index (κ3) is 5.03. The fraction of sp³-hybridized carbons (Fsp3) is 0.348. The van der Waals surface area contributed by atoms with Gasteiger partial charge >= 0.3 is 0 Å². The van der Waals surface area contributed by atoms with Crippen LogP contribution in [0.5, 0.6) is 0 Å². The van der Waals surface area contributed by atoms with Gasteiger partial charge in [0.2, 0.25) is 17.6 Å². The molecule has 6 nitrogen and oxygen atoms in total. The summed E-state index contributed by atoms with van der Waals surface area (Å²) in [7, 11) is 0. The standard InChI is InChI=1S/C23H25FN4O2/c1-16-11-13-28(14-12-16)20-7-5-17(6-8-20)23-26-22(30-27-23)10-9-21(29)25-19-4-2-3-18(24)15-19/h2-8,15-16H,9-14H2,1H3,(H,25,29). The number of benzene rings is 2. The van der Waals surface area contributed by atoms with Gasteiger partial charge in [-0.15, -0.1) is 0 Å². The number of aromatic nitrogens is 2. The Balaban J connectivity index is 1.32. The lowest BCUT2D eigenvalue weighted by molar-refractivity contribution is -0.116. The van der Waals surface area contributed by atoms with Crippen molar-refractivity contribution in [2.24, 2.45) is 5.92 Å². The molecule has 0 saturated carbocycles. The van der Waals surface area contributed by atoms with Gasteiger partial charge in [0.05, 0.1) is 0 Å². The zero-order chi connectivity index (χ0) is 20.9. The van der Waals surface area contributed by atoms with E-state index in [1.165, 1.54) is 30.7 Å². The molecular formula is C23H25FN4O2. The van der Waals surface area contributed by atoms with Gasteiger partial charge in [-0.25, -0.2) is 4.39 Å². The van der Waals surface area contributed by atoms with E-state index in [1.54, 1.807) is 12.1 Å². The first-order valence-electron chi connectivity index (χ1n) is 10.3. The molecule has 0 bridgehead atoms. The Morgan fingerprint density at radius 1 is 1.20 bits per heavy atom. The lowest BCUT2D eigenvalue weighted by Gasteiger charge is -2.32. The second-order valence-corrected chi connectivity index (χ2v) is 7.79. The van der Waals surface area contributed by atoms with Crippen LogP contribution in [0.2, 0.25) is 0 Å². The number of nitrogens with one attached hydrogen (secondary N) is 1. The summed E-state index contributed by atoms with van der Waals surface area (Å²) >= 11 is 0. The van der Waals surface area contributed by atoms with Crippen molar-refractivity contribution in [1.29, 1.82) is 0 Å². The van der Waals surface area contributed by atoms with E-state index in [9.17, 15) is 9.18 Å². The highest BCUT2D eigenvalue weighted by atomic mass is 19.1. The number of rotatable bonds is 6. The molecule has 0 spiro atoms. The largest absolute Gasteiger partial charge is 0.372 e. The summed E-state index contributed by atoms with van der Waals surface area (Å²) in [4.78, 5) is 18.9. The van der Waals surface area contributed by atoms with Gasteiger partial charge < -0.3 is 14.7 Å². The highest BCUT2D eigenvalue weighted by Gasteiger charge is 2.16. The minimum absolute atomic E-state index is 0.171. The average Bonchev–Trinajstić information content (AvgIpc) is 3.22. The van der Waals surface area contributed by atoms with Crippen molar-refractivity contribution >= 4 is 17.3 Å². The van der Waals surface area contributed by atoms with Crippen molar-refractivity contribution in [1.82, 2.24) is 10.1 Å². The van der Waals surface area contributed by atoms with Crippen molar-refractivity contribution in [2.75, 3.05) is 23.3 Å². The first kappa shape index (κ1) is 20.1. The predicted molar refractivity (Wildman–Crippen MR) is 114 cm³/mol. The Hall–Kier alpha value is -3.22. The van der Waals surface area contributed by atoms with Gasteiger partial charge in [-0.05, 0) is 61.2 Å². The molecule has 1 aliphatic rings. The summed E-state index contributed by atoms with van der Waals surface area (Å²) in [6.45, 7) is 4.48. The second-order valence-electron chi connectivity index (χ2n) is 7.79. The maximum Gasteiger partial charge on any atom is 0.227 e. The van der Waals surface area contributed by atoms with Crippen molar-refractivity contribution in [2.45, 2.75) is 32.6 Å². The van der Waals surface area contributed by atoms with Crippen molar-refractivity contribution in [3.05, 3.63) is 60.2 Å². The lowest BCUT2D eigenvalue weighted by Crippen LogP contribution is -2.32. The van der Waals surface area contributed by atoms with Crippen molar-refractivity contribution < 1.29 is 13.7 Å². The Bertz CT molecular complexity index is 994. The molecule has 156 valence electrons. The zero-order valence-corrected chi connectivity index (χ0v) is 17.0. The number of hydrogen-bond donors (Lipinski definition) is 1. The van der Waals surface area contributed by atoms with Crippen LogP contribution in [-0.2, 0) is 11.2 Å².